The lowest BCUT2D eigenvalue weighted by molar-refractivity contribution is -0.137. The van der Waals surface area contributed by atoms with E-state index in [0.717, 1.165) is 17.7 Å². The van der Waals surface area contributed by atoms with Gasteiger partial charge in [0.05, 0.1) is 17.1 Å². The van der Waals surface area contributed by atoms with E-state index in [4.69, 9.17) is 9.47 Å². The number of hydrogen-bond donors (Lipinski definition) is 1. The maximum absolute atomic E-state index is 12.9. The molecular weight excluding hydrogens is 463 g/mol. The molecule has 30 heavy (non-hydrogen) atoms. The fourth-order valence-corrected chi connectivity index (χ4v) is 3.32. The molecule has 0 bridgehead atoms. The smallest absolute Gasteiger partial charge is 0.416 e. The van der Waals surface area contributed by atoms with Crippen molar-refractivity contribution in [3.05, 3.63) is 87.9 Å². The van der Waals surface area contributed by atoms with E-state index in [2.05, 4.69) is 21.2 Å². The lowest BCUT2D eigenvalue weighted by atomic mass is 10.1. The predicted octanol–water partition coefficient (Wildman–Crippen LogP) is 6.31. The van der Waals surface area contributed by atoms with Crippen molar-refractivity contribution < 1.29 is 27.4 Å². The fraction of sp³-hybridized carbons (Fsp3) is 0.136. The average molecular weight is 480 g/mol. The second-order valence-electron chi connectivity index (χ2n) is 6.30. The van der Waals surface area contributed by atoms with Gasteiger partial charge in [-0.3, -0.25) is 4.79 Å². The highest BCUT2D eigenvalue weighted by molar-refractivity contribution is 9.10. The summed E-state index contributed by atoms with van der Waals surface area (Å²) in [7, 11) is 1.47. The Kier molecular flexibility index (Phi) is 6.66. The topological polar surface area (TPSA) is 47.6 Å². The minimum atomic E-state index is -4.50. The average Bonchev–Trinajstić information content (AvgIpc) is 2.72. The van der Waals surface area contributed by atoms with Gasteiger partial charge in [-0.05, 0) is 51.8 Å². The molecule has 0 aliphatic rings. The number of methoxy groups -OCH3 is 1. The third-order valence-corrected chi connectivity index (χ3v) is 4.75. The number of hydrogen-bond acceptors (Lipinski definition) is 3. The van der Waals surface area contributed by atoms with Crippen LogP contribution >= 0.6 is 15.9 Å². The molecule has 3 aromatic rings. The molecule has 1 N–H and O–H groups in total. The number of alkyl halides is 3. The van der Waals surface area contributed by atoms with Crippen molar-refractivity contribution in [3.63, 3.8) is 0 Å². The van der Waals surface area contributed by atoms with Crippen LogP contribution in [0.15, 0.2) is 71.2 Å². The van der Waals surface area contributed by atoms with Crippen LogP contribution in [0, 0.1) is 0 Å². The molecule has 156 valence electrons. The summed E-state index contributed by atoms with van der Waals surface area (Å²) in [5, 5.41) is 2.48. The van der Waals surface area contributed by atoms with E-state index in [1.54, 1.807) is 0 Å². The Morgan fingerprint density at radius 2 is 1.77 bits per heavy atom. The number of carbonyl (C=O) groups is 1. The van der Waals surface area contributed by atoms with E-state index >= 15 is 0 Å². The molecule has 0 atom stereocenters. The van der Waals surface area contributed by atoms with Gasteiger partial charge in [-0.15, -0.1) is 0 Å². The van der Waals surface area contributed by atoms with Crippen molar-refractivity contribution in [1.29, 1.82) is 0 Å². The van der Waals surface area contributed by atoms with E-state index in [-0.39, 0.29) is 17.9 Å². The van der Waals surface area contributed by atoms with Crippen LogP contribution < -0.4 is 14.8 Å². The zero-order valence-electron chi connectivity index (χ0n) is 15.8. The zero-order valence-corrected chi connectivity index (χ0v) is 17.4. The van der Waals surface area contributed by atoms with Gasteiger partial charge in [0, 0.05) is 11.3 Å². The number of nitrogens with one attached hydrogen (secondary N) is 1. The molecular formula is C22H17BrF3NO3. The fourth-order valence-electron chi connectivity index (χ4n) is 2.72. The normalized spacial score (nSPS) is 11.1. The summed E-state index contributed by atoms with van der Waals surface area (Å²) < 4.78 is 50.3. The highest BCUT2D eigenvalue weighted by atomic mass is 79.9. The van der Waals surface area contributed by atoms with Crippen LogP contribution in [0.3, 0.4) is 0 Å². The Morgan fingerprint density at radius 1 is 1.03 bits per heavy atom. The molecule has 1 amide bonds. The Balaban J connectivity index is 1.83. The summed E-state index contributed by atoms with van der Waals surface area (Å²) in [6.07, 6.45) is -4.50. The summed E-state index contributed by atoms with van der Waals surface area (Å²) in [5.41, 5.74) is 0.314. The number of carbonyl (C=O) groups excluding carboxylic acids is 1. The van der Waals surface area contributed by atoms with Gasteiger partial charge < -0.3 is 14.8 Å². The molecule has 0 fully saturated rings. The monoisotopic (exact) mass is 479 g/mol. The first-order valence-corrected chi connectivity index (χ1v) is 9.60. The minimum Gasteiger partial charge on any atom is -0.492 e. The van der Waals surface area contributed by atoms with Crippen LogP contribution in [0.4, 0.5) is 18.9 Å². The van der Waals surface area contributed by atoms with E-state index in [1.807, 2.05) is 30.3 Å². The standard InChI is InChI=1S/C22H17BrF3NO3/c1-29-20-18(23)10-15(11-19(20)30-13-14-6-3-2-4-7-14)21(28)27-17-9-5-8-16(12-17)22(24,25)26/h2-12H,13H2,1H3,(H,27,28). The molecule has 0 aliphatic heterocycles. The molecule has 0 heterocycles. The zero-order chi connectivity index (χ0) is 21.7. The van der Waals surface area contributed by atoms with Crippen molar-refractivity contribution in [2.75, 3.05) is 12.4 Å². The van der Waals surface area contributed by atoms with Crippen molar-refractivity contribution in [1.82, 2.24) is 0 Å². The highest BCUT2D eigenvalue weighted by Crippen LogP contribution is 2.37. The molecule has 0 saturated heterocycles. The number of rotatable bonds is 6. The number of benzene rings is 3. The molecule has 4 nitrogen and oxygen atoms in total. The van der Waals surface area contributed by atoms with Crippen LogP contribution in [0.2, 0.25) is 0 Å². The molecule has 0 aliphatic carbocycles. The highest BCUT2D eigenvalue weighted by Gasteiger charge is 2.30. The Hall–Kier alpha value is -3.00. The first-order valence-electron chi connectivity index (χ1n) is 8.81. The van der Waals surface area contributed by atoms with Crippen LogP contribution in [0.25, 0.3) is 0 Å². The minimum absolute atomic E-state index is 0.0357. The molecule has 0 saturated carbocycles. The Labute approximate surface area is 179 Å². The van der Waals surface area contributed by atoms with Gasteiger partial charge in [0.15, 0.2) is 11.5 Å². The van der Waals surface area contributed by atoms with Gasteiger partial charge in [-0.1, -0.05) is 36.4 Å². The van der Waals surface area contributed by atoms with E-state index in [1.165, 1.54) is 31.4 Å². The molecule has 0 unspecified atom stereocenters. The SMILES string of the molecule is COc1c(Br)cc(C(=O)Nc2cccc(C(F)(F)F)c2)cc1OCc1ccccc1. The van der Waals surface area contributed by atoms with Crippen LogP contribution in [0.1, 0.15) is 21.5 Å². The molecule has 0 aromatic heterocycles. The molecule has 3 aromatic carbocycles. The predicted molar refractivity (Wildman–Crippen MR) is 111 cm³/mol. The third-order valence-electron chi connectivity index (χ3n) is 4.16. The lowest BCUT2D eigenvalue weighted by Crippen LogP contribution is -2.13. The Morgan fingerprint density at radius 3 is 2.43 bits per heavy atom. The molecule has 0 radical (unpaired) electrons. The lowest BCUT2D eigenvalue weighted by Gasteiger charge is -2.15. The van der Waals surface area contributed by atoms with E-state index in [9.17, 15) is 18.0 Å². The second kappa shape index (κ2) is 9.21. The maximum atomic E-state index is 12.9. The molecule has 0 spiro atoms. The maximum Gasteiger partial charge on any atom is 0.416 e. The summed E-state index contributed by atoms with van der Waals surface area (Å²) >= 11 is 3.34. The molecule has 8 heteroatoms. The summed E-state index contributed by atoms with van der Waals surface area (Å²) in [6, 6.07) is 16.9. The van der Waals surface area contributed by atoms with Crippen molar-refractivity contribution in [2.24, 2.45) is 0 Å². The largest absolute Gasteiger partial charge is 0.492 e. The number of amides is 1. The number of ether oxygens (including phenoxy) is 2. The first-order chi connectivity index (χ1) is 14.3. The van der Waals surface area contributed by atoms with E-state index in [0.29, 0.717) is 16.0 Å². The van der Waals surface area contributed by atoms with Crippen LogP contribution in [0.5, 0.6) is 11.5 Å². The van der Waals surface area contributed by atoms with Crippen LogP contribution in [-0.4, -0.2) is 13.0 Å². The van der Waals surface area contributed by atoms with Crippen molar-refractivity contribution >= 4 is 27.5 Å². The van der Waals surface area contributed by atoms with Gasteiger partial charge in [0.1, 0.15) is 6.61 Å². The van der Waals surface area contributed by atoms with Crippen molar-refractivity contribution in [2.45, 2.75) is 12.8 Å². The van der Waals surface area contributed by atoms with Crippen LogP contribution in [-0.2, 0) is 12.8 Å². The van der Waals surface area contributed by atoms with Gasteiger partial charge in [-0.2, -0.15) is 13.2 Å². The number of halogens is 4. The van der Waals surface area contributed by atoms with Gasteiger partial charge in [-0.25, -0.2) is 0 Å². The quantitative estimate of drug-likeness (QED) is 0.450. The summed E-state index contributed by atoms with van der Waals surface area (Å²) in [4.78, 5) is 12.6. The number of anilines is 1. The van der Waals surface area contributed by atoms with Gasteiger partial charge in [0.25, 0.3) is 5.91 Å². The second-order valence-corrected chi connectivity index (χ2v) is 7.15. The third kappa shape index (κ3) is 5.33. The Bertz CT molecular complexity index is 1040. The summed E-state index contributed by atoms with van der Waals surface area (Å²) in [5.74, 6) is 0.147. The van der Waals surface area contributed by atoms with Gasteiger partial charge in [0.2, 0.25) is 0 Å². The summed E-state index contributed by atoms with van der Waals surface area (Å²) in [6.45, 7) is 0.252. The van der Waals surface area contributed by atoms with E-state index < -0.39 is 17.6 Å². The van der Waals surface area contributed by atoms with Gasteiger partial charge >= 0.3 is 6.18 Å². The first kappa shape index (κ1) is 21.7. The molecule has 3 rings (SSSR count). The van der Waals surface area contributed by atoms with Crippen molar-refractivity contribution in [3.8, 4) is 11.5 Å².